The second kappa shape index (κ2) is 4.76. The summed E-state index contributed by atoms with van der Waals surface area (Å²) in [7, 11) is 0. The van der Waals surface area contributed by atoms with Crippen LogP contribution in [0.1, 0.15) is 19.3 Å². The number of benzene rings is 1. The third-order valence-corrected chi connectivity index (χ3v) is 4.00. The second-order valence-corrected chi connectivity index (χ2v) is 5.69. The number of hydrogen-bond acceptors (Lipinski definition) is 3. The fourth-order valence-corrected chi connectivity index (χ4v) is 3.00. The minimum Gasteiger partial charge on any atom is -0.396 e. The molecule has 0 spiro atoms. The van der Waals surface area contributed by atoms with E-state index in [4.69, 9.17) is 5.73 Å². The van der Waals surface area contributed by atoms with E-state index >= 15 is 0 Å². The normalized spacial score (nSPS) is 16.2. The summed E-state index contributed by atoms with van der Waals surface area (Å²) in [6.45, 7) is 2.19. The van der Waals surface area contributed by atoms with E-state index in [1.807, 2.05) is 12.1 Å². The summed E-state index contributed by atoms with van der Waals surface area (Å²) in [4.78, 5) is 6.80. The van der Waals surface area contributed by atoms with Crippen LogP contribution in [0.15, 0.2) is 28.9 Å². The maximum absolute atomic E-state index is 6.15. The van der Waals surface area contributed by atoms with Crippen molar-refractivity contribution < 1.29 is 0 Å². The molecule has 0 atom stereocenters. The first-order chi connectivity index (χ1) is 8.75. The highest BCUT2D eigenvalue weighted by Gasteiger charge is 2.17. The third kappa shape index (κ3) is 2.05. The fourth-order valence-electron chi connectivity index (χ4n) is 2.64. The number of nitrogens with zero attached hydrogens (tertiary/aromatic N) is 2. The Kier molecular flexibility index (Phi) is 3.12. The number of fused-ring (bicyclic) bond motifs is 1. The molecule has 0 unspecified atom stereocenters. The smallest absolute Gasteiger partial charge is 0.0745 e. The van der Waals surface area contributed by atoms with Crippen LogP contribution in [0.2, 0.25) is 0 Å². The molecule has 3 nitrogen and oxygen atoms in total. The van der Waals surface area contributed by atoms with Gasteiger partial charge in [0.1, 0.15) is 0 Å². The van der Waals surface area contributed by atoms with E-state index in [2.05, 4.69) is 31.9 Å². The maximum atomic E-state index is 6.15. The minimum atomic E-state index is 0.780. The lowest BCUT2D eigenvalue weighted by Crippen LogP contribution is -2.30. The molecule has 3 rings (SSSR count). The van der Waals surface area contributed by atoms with Gasteiger partial charge < -0.3 is 10.6 Å². The molecule has 1 saturated heterocycles. The van der Waals surface area contributed by atoms with Crippen molar-refractivity contribution in [2.45, 2.75) is 19.3 Å². The SMILES string of the molecule is Nc1cnc2ccc(Br)cc2c1N1CCCCC1. The Morgan fingerprint density at radius 2 is 1.94 bits per heavy atom. The van der Waals surface area contributed by atoms with Gasteiger partial charge in [-0.1, -0.05) is 15.9 Å². The van der Waals surface area contributed by atoms with E-state index in [0.717, 1.165) is 39.8 Å². The summed E-state index contributed by atoms with van der Waals surface area (Å²) in [5, 5.41) is 1.14. The van der Waals surface area contributed by atoms with Gasteiger partial charge in [-0.3, -0.25) is 4.98 Å². The van der Waals surface area contributed by atoms with Crippen LogP contribution in [0.4, 0.5) is 11.4 Å². The van der Waals surface area contributed by atoms with Gasteiger partial charge in [0.05, 0.1) is 23.1 Å². The number of nitrogens with two attached hydrogens (primary N) is 1. The average Bonchev–Trinajstić information content (AvgIpc) is 2.39. The van der Waals surface area contributed by atoms with Gasteiger partial charge in [0, 0.05) is 22.9 Å². The van der Waals surface area contributed by atoms with Crippen molar-refractivity contribution in [1.82, 2.24) is 4.98 Å². The minimum absolute atomic E-state index is 0.780. The second-order valence-electron chi connectivity index (χ2n) is 4.77. The Bertz CT molecular complexity index is 571. The van der Waals surface area contributed by atoms with Crippen molar-refractivity contribution >= 4 is 38.2 Å². The Balaban J connectivity index is 2.18. The summed E-state index contributed by atoms with van der Waals surface area (Å²) in [6, 6.07) is 6.17. The van der Waals surface area contributed by atoms with Gasteiger partial charge >= 0.3 is 0 Å². The fraction of sp³-hybridized carbons (Fsp3) is 0.357. The zero-order chi connectivity index (χ0) is 12.5. The Labute approximate surface area is 115 Å². The van der Waals surface area contributed by atoms with E-state index in [1.54, 1.807) is 6.20 Å². The van der Waals surface area contributed by atoms with Crippen molar-refractivity contribution in [1.29, 1.82) is 0 Å². The van der Waals surface area contributed by atoms with Crippen LogP contribution in [0, 0.1) is 0 Å². The topological polar surface area (TPSA) is 42.1 Å². The molecule has 18 heavy (non-hydrogen) atoms. The van der Waals surface area contributed by atoms with Crippen LogP contribution >= 0.6 is 15.9 Å². The molecular formula is C14H16BrN3. The largest absolute Gasteiger partial charge is 0.396 e. The van der Waals surface area contributed by atoms with E-state index in [-0.39, 0.29) is 0 Å². The zero-order valence-electron chi connectivity index (χ0n) is 10.2. The van der Waals surface area contributed by atoms with Crippen molar-refractivity contribution in [3.63, 3.8) is 0 Å². The predicted molar refractivity (Wildman–Crippen MR) is 79.9 cm³/mol. The first kappa shape index (κ1) is 11.8. The van der Waals surface area contributed by atoms with Gasteiger partial charge in [0.25, 0.3) is 0 Å². The molecule has 1 aliphatic heterocycles. The Morgan fingerprint density at radius 1 is 1.17 bits per heavy atom. The number of hydrogen-bond donors (Lipinski definition) is 1. The summed E-state index contributed by atoms with van der Waals surface area (Å²) in [5.41, 5.74) is 9.09. The number of pyridine rings is 1. The maximum Gasteiger partial charge on any atom is 0.0745 e. The Hall–Kier alpha value is -1.29. The molecule has 4 heteroatoms. The Morgan fingerprint density at radius 3 is 2.72 bits per heavy atom. The lowest BCUT2D eigenvalue weighted by atomic mass is 10.1. The highest BCUT2D eigenvalue weighted by Crippen LogP contribution is 2.34. The summed E-state index contributed by atoms with van der Waals surface area (Å²) >= 11 is 3.53. The van der Waals surface area contributed by atoms with Crippen LogP contribution in [0.5, 0.6) is 0 Å². The molecule has 1 aromatic carbocycles. The number of halogens is 1. The predicted octanol–water partition coefficient (Wildman–Crippen LogP) is 3.57. The van der Waals surface area contributed by atoms with Gasteiger partial charge in [-0.2, -0.15) is 0 Å². The lowest BCUT2D eigenvalue weighted by Gasteiger charge is -2.30. The molecule has 0 bridgehead atoms. The van der Waals surface area contributed by atoms with E-state index < -0.39 is 0 Å². The van der Waals surface area contributed by atoms with Crippen molar-refractivity contribution in [3.05, 3.63) is 28.9 Å². The van der Waals surface area contributed by atoms with Crippen LogP contribution in [0.3, 0.4) is 0 Å². The number of nitrogen functional groups attached to an aromatic ring is 1. The van der Waals surface area contributed by atoms with Gasteiger partial charge in [0.2, 0.25) is 0 Å². The molecular weight excluding hydrogens is 290 g/mol. The monoisotopic (exact) mass is 305 g/mol. The zero-order valence-corrected chi connectivity index (χ0v) is 11.8. The third-order valence-electron chi connectivity index (χ3n) is 3.50. The summed E-state index contributed by atoms with van der Waals surface area (Å²) in [6.07, 6.45) is 5.60. The quantitative estimate of drug-likeness (QED) is 0.876. The molecule has 2 N–H and O–H groups in total. The molecule has 0 amide bonds. The van der Waals surface area contributed by atoms with Gasteiger partial charge in [-0.25, -0.2) is 0 Å². The van der Waals surface area contributed by atoms with Crippen molar-refractivity contribution in [2.75, 3.05) is 23.7 Å². The van der Waals surface area contributed by atoms with Crippen LogP contribution in [0.25, 0.3) is 10.9 Å². The first-order valence-electron chi connectivity index (χ1n) is 6.34. The molecule has 94 valence electrons. The van der Waals surface area contributed by atoms with Crippen molar-refractivity contribution in [3.8, 4) is 0 Å². The molecule has 0 aliphatic carbocycles. The highest BCUT2D eigenvalue weighted by molar-refractivity contribution is 9.10. The van der Waals surface area contributed by atoms with Gasteiger partial charge in [0.15, 0.2) is 0 Å². The molecule has 1 fully saturated rings. The number of aromatic nitrogens is 1. The molecule has 0 saturated carbocycles. The molecule has 2 heterocycles. The van der Waals surface area contributed by atoms with Crippen LogP contribution < -0.4 is 10.6 Å². The molecule has 1 aliphatic rings. The molecule has 2 aromatic rings. The van der Waals surface area contributed by atoms with Gasteiger partial charge in [-0.15, -0.1) is 0 Å². The first-order valence-corrected chi connectivity index (χ1v) is 7.14. The number of piperidine rings is 1. The van der Waals surface area contributed by atoms with E-state index in [0.29, 0.717) is 0 Å². The molecule has 1 aromatic heterocycles. The van der Waals surface area contributed by atoms with Crippen LogP contribution in [-0.4, -0.2) is 18.1 Å². The van der Waals surface area contributed by atoms with Crippen LogP contribution in [-0.2, 0) is 0 Å². The molecule has 0 radical (unpaired) electrons. The van der Waals surface area contributed by atoms with Crippen molar-refractivity contribution in [2.24, 2.45) is 0 Å². The number of anilines is 2. The summed E-state index contributed by atoms with van der Waals surface area (Å²) in [5.74, 6) is 0. The standard InChI is InChI=1S/C14H16BrN3/c15-10-4-5-13-11(8-10)14(12(16)9-17-13)18-6-2-1-3-7-18/h4-5,8-9H,1-3,6-7,16H2. The lowest BCUT2D eigenvalue weighted by molar-refractivity contribution is 0.579. The summed E-state index contributed by atoms with van der Waals surface area (Å²) < 4.78 is 1.07. The van der Waals surface area contributed by atoms with Gasteiger partial charge in [-0.05, 0) is 37.5 Å². The number of rotatable bonds is 1. The van der Waals surface area contributed by atoms with E-state index in [9.17, 15) is 0 Å². The average molecular weight is 306 g/mol. The van der Waals surface area contributed by atoms with E-state index in [1.165, 1.54) is 19.3 Å². The highest BCUT2D eigenvalue weighted by atomic mass is 79.9.